The van der Waals surface area contributed by atoms with E-state index in [1.165, 1.54) is 11.6 Å². The summed E-state index contributed by atoms with van der Waals surface area (Å²) in [4.78, 5) is 4.45. The molecule has 0 spiro atoms. The van der Waals surface area contributed by atoms with E-state index in [9.17, 15) is 8.78 Å². The van der Waals surface area contributed by atoms with Gasteiger partial charge in [0, 0.05) is 23.9 Å². The Kier molecular flexibility index (Phi) is 3.94. The second-order valence-electron chi connectivity index (χ2n) is 5.42. The number of pyridine rings is 1. The molecule has 1 aliphatic carbocycles. The molecule has 0 fully saturated rings. The zero-order valence-electron chi connectivity index (χ0n) is 11.5. The smallest absolute Gasteiger partial charge is 0.159 e. The van der Waals surface area contributed by atoms with E-state index in [0.29, 0.717) is 6.42 Å². The van der Waals surface area contributed by atoms with Crippen molar-refractivity contribution in [3.63, 3.8) is 0 Å². The van der Waals surface area contributed by atoms with E-state index in [1.807, 2.05) is 6.07 Å². The number of hydrogen-bond donors (Lipinski definition) is 2. The van der Waals surface area contributed by atoms with Crippen molar-refractivity contribution < 1.29 is 8.78 Å². The van der Waals surface area contributed by atoms with Crippen LogP contribution in [0, 0.1) is 11.6 Å². The molecule has 1 aromatic heterocycles. The van der Waals surface area contributed by atoms with E-state index < -0.39 is 11.6 Å². The third-order valence-corrected chi connectivity index (χ3v) is 4.14. The van der Waals surface area contributed by atoms with Gasteiger partial charge in [-0.05, 0) is 48.6 Å². The number of halogens is 2. The average Bonchev–Trinajstić information content (AvgIpc) is 2.92. The molecule has 5 heteroatoms. The summed E-state index contributed by atoms with van der Waals surface area (Å²) in [6, 6.07) is 7.94. The normalized spacial score (nSPS) is 18.5. The molecule has 0 saturated heterocycles. The fourth-order valence-electron chi connectivity index (χ4n) is 3.07. The first-order chi connectivity index (χ1) is 10.2. The summed E-state index contributed by atoms with van der Waals surface area (Å²) in [5, 5.41) is 0. The lowest BCUT2D eigenvalue weighted by atomic mass is 9.92. The second kappa shape index (κ2) is 5.87. The number of hydrazine groups is 1. The van der Waals surface area contributed by atoms with Crippen LogP contribution in [0.5, 0.6) is 0 Å². The summed E-state index contributed by atoms with van der Waals surface area (Å²) in [6.45, 7) is 0. The Morgan fingerprint density at radius 1 is 1.29 bits per heavy atom. The van der Waals surface area contributed by atoms with Gasteiger partial charge in [-0.1, -0.05) is 12.1 Å². The van der Waals surface area contributed by atoms with E-state index in [0.717, 1.165) is 30.2 Å². The predicted molar refractivity (Wildman–Crippen MR) is 76.5 cm³/mol. The van der Waals surface area contributed by atoms with Crippen molar-refractivity contribution in [3.8, 4) is 0 Å². The molecule has 0 radical (unpaired) electrons. The molecule has 0 aliphatic heterocycles. The maximum absolute atomic E-state index is 13.3. The van der Waals surface area contributed by atoms with Crippen LogP contribution >= 0.6 is 0 Å². The van der Waals surface area contributed by atoms with E-state index in [-0.39, 0.29) is 12.0 Å². The Morgan fingerprint density at radius 2 is 2.14 bits per heavy atom. The Morgan fingerprint density at radius 3 is 2.90 bits per heavy atom. The highest BCUT2D eigenvalue weighted by molar-refractivity contribution is 5.31. The first-order valence-corrected chi connectivity index (χ1v) is 7.03. The van der Waals surface area contributed by atoms with Gasteiger partial charge in [0.05, 0.1) is 0 Å². The molecule has 1 aliphatic rings. The van der Waals surface area contributed by atoms with Crippen LogP contribution in [0.1, 0.15) is 29.2 Å². The SMILES string of the molecule is NNC(Cc1ccc(F)c(F)c1)C1CCc2cccnc21. The van der Waals surface area contributed by atoms with Crippen molar-refractivity contribution in [2.75, 3.05) is 0 Å². The first-order valence-electron chi connectivity index (χ1n) is 7.03. The van der Waals surface area contributed by atoms with Crippen LogP contribution in [0.2, 0.25) is 0 Å². The van der Waals surface area contributed by atoms with Gasteiger partial charge in [0.2, 0.25) is 0 Å². The molecule has 1 heterocycles. The van der Waals surface area contributed by atoms with Gasteiger partial charge in [-0.3, -0.25) is 16.3 Å². The molecule has 110 valence electrons. The lowest BCUT2D eigenvalue weighted by Crippen LogP contribution is -2.41. The summed E-state index contributed by atoms with van der Waals surface area (Å²) in [6.07, 6.45) is 4.26. The largest absolute Gasteiger partial charge is 0.271 e. The number of nitrogens with zero attached hydrogens (tertiary/aromatic N) is 1. The topological polar surface area (TPSA) is 50.9 Å². The monoisotopic (exact) mass is 289 g/mol. The maximum Gasteiger partial charge on any atom is 0.159 e. The molecule has 0 bridgehead atoms. The van der Waals surface area contributed by atoms with Crippen LogP contribution in [0.3, 0.4) is 0 Å². The van der Waals surface area contributed by atoms with Crippen molar-refractivity contribution in [2.45, 2.75) is 31.2 Å². The van der Waals surface area contributed by atoms with E-state index in [2.05, 4.69) is 16.5 Å². The van der Waals surface area contributed by atoms with Gasteiger partial charge in [0.1, 0.15) is 0 Å². The van der Waals surface area contributed by atoms with Gasteiger partial charge in [-0.25, -0.2) is 8.78 Å². The summed E-state index contributed by atoms with van der Waals surface area (Å²) in [5.41, 5.74) is 5.84. The molecule has 2 unspecified atom stereocenters. The molecular weight excluding hydrogens is 272 g/mol. The van der Waals surface area contributed by atoms with Gasteiger partial charge >= 0.3 is 0 Å². The third-order valence-electron chi connectivity index (χ3n) is 4.14. The number of aromatic nitrogens is 1. The molecule has 3 N–H and O–H groups in total. The molecule has 0 amide bonds. The minimum absolute atomic E-state index is 0.0500. The Bertz CT molecular complexity index is 645. The zero-order chi connectivity index (χ0) is 14.8. The van der Waals surface area contributed by atoms with E-state index in [4.69, 9.17) is 5.84 Å². The van der Waals surface area contributed by atoms with Gasteiger partial charge in [0.25, 0.3) is 0 Å². The van der Waals surface area contributed by atoms with Crippen molar-refractivity contribution >= 4 is 0 Å². The highest BCUT2D eigenvalue weighted by Crippen LogP contribution is 2.34. The van der Waals surface area contributed by atoms with Crippen LogP contribution in [-0.2, 0) is 12.8 Å². The van der Waals surface area contributed by atoms with Crippen molar-refractivity contribution in [2.24, 2.45) is 5.84 Å². The summed E-state index contributed by atoms with van der Waals surface area (Å²) < 4.78 is 26.3. The molecule has 3 nitrogen and oxygen atoms in total. The molecular formula is C16H17F2N3. The number of nitrogens with two attached hydrogens (primary N) is 1. The van der Waals surface area contributed by atoms with Crippen LogP contribution in [0.4, 0.5) is 8.78 Å². The molecule has 2 atom stereocenters. The van der Waals surface area contributed by atoms with Crippen molar-refractivity contribution in [1.29, 1.82) is 0 Å². The molecule has 0 saturated carbocycles. The van der Waals surface area contributed by atoms with Crippen LogP contribution < -0.4 is 11.3 Å². The number of rotatable bonds is 4. The van der Waals surface area contributed by atoms with Gasteiger partial charge in [-0.2, -0.15) is 0 Å². The summed E-state index contributed by atoms with van der Waals surface area (Å²) in [5.74, 6) is 4.22. The van der Waals surface area contributed by atoms with Gasteiger partial charge < -0.3 is 0 Å². The van der Waals surface area contributed by atoms with Crippen LogP contribution in [0.25, 0.3) is 0 Å². The van der Waals surface area contributed by atoms with Crippen LogP contribution in [-0.4, -0.2) is 11.0 Å². The third kappa shape index (κ3) is 2.80. The highest BCUT2D eigenvalue weighted by Gasteiger charge is 2.30. The number of hydrogen-bond acceptors (Lipinski definition) is 3. The molecule has 1 aromatic carbocycles. The van der Waals surface area contributed by atoms with Crippen molar-refractivity contribution in [1.82, 2.24) is 10.4 Å². The maximum atomic E-state index is 13.3. The van der Waals surface area contributed by atoms with E-state index >= 15 is 0 Å². The first kappa shape index (κ1) is 14.1. The Hall–Kier alpha value is -1.85. The Balaban J connectivity index is 1.81. The standard InChI is InChI=1S/C16H17F2N3/c17-13-6-3-10(8-14(13)18)9-15(21-19)12-5-4-11-2-1-7-20-16(11)12/h1-3,6-8,12,15,21H,4-5,9,19H2. The minimum atomic E-state index is -0.830. The number of aryl methyl sites for hydroxylation is 1. The fraction of sp³-hybridized carbons (Fsp3) is 0.312. The fourth-order valence-corrected chi connectivity index (χ4v) is 3.07. The highest BCUT2D eigenvalue weighted by atomic mass is 19.2. The lowest BCUT2D eigenvalue weighted by molar-refractivity contribution is 0.427. The average molecular weight is 289 g/mol. The number of nitrogens with one attached hydrogen (secondary N) is 1. The summed E-state index contributed by atoms with van der Waals surface area (Å²) >= 11 is 0. The zero-order valence-corrected chi connectivity index (χ0v) is 11.5. The number of benzene rings is 1. The lowest BCUT2D eigenvalue weighted by Gasteiger charge is -2.23. The van der Waals surface area contributed by atoms with Gasteiger partial charge in [-0.15, -0.1) is 0 Å². The second-order valence-corrected chi connectivity index (χ2v) is 5.42. The van der Waals surface area contributed by atoms with Gasteiger partial charge in [0.15, 0.2) is 11.6 Å². The van der Waals surface area contributed by atoms with Crippen LogP contribution in [0.15, 0.2) is 36.5 Å². The quantitative estimate of drug-likeness (QED) is 0.671. The Labute approximate surface area is 122 Å². The predicted octanol–water partition coefficient (Wildman–Crippen LogP) is 2.46. The molecule has 2 aromatic rings. The van der Waals surface area contributed by atoms with E-state index in [1.54, 1.807) is 12.3 Å². The number of fused-ring (bicyclic) bond motifs is 1. The summed E-state index contributed by atoms with van der Waals surface area (Å²) in [7, 11) is 0. The molecule has 3 rings (SSSR count). The minimum Gasteiger partial charge on any atom is -0.271 e. The molecule has 21 heavy (non-hydrogen) atoms. The van der Waals surface area contributed by atoms with Crippen molar-refractivity contribution in [3.05, 3.63) is 65.0 Å².